The molecule has 1 saturated carbocycles. The van der Waals surface area contributed by atoms with Crippen LogP contribution >= 0.6 is 0 Å². The number of aromatic nitrogens is 2. The molecular formula is C27H36FN5O4. The van der Waals surface area contributed by atoms with E-state index in [2.05, 4.69) is 20.6 Å². The van der Waals surface area contributed by atoms with Crippen molar-refractivity contribution in [1.82, 2.24) is 25.5 Å². The molecule has 10 heteroatoms. The summed E-state index contributed by atoms with van der Waals surface area (Å²) in [6.07, 6.45) is 6.77. The molecule has 4 N–H and O–H groups in total. The van der Waals surface area contributed by atoms with Crippen molar-refractivity contribution < 1.29 is 24.1 Å². The number of nitrogens with one attached hydrogen (secondary N) is 2. The number of fused-ring (bicyclic) bond motifs is 1. The number of aliphatic hydroxyl groups is 2. The maximum absolute atomic E-state index is 16.0. The summed E-state index contributed by atoms with van der Waals surface area (Å²) in [5, 5.41) is 27.3. The fourth-order valence-corrected chi connectivity index (χ4v) is 4.89. The van der Waals surface area contributed by atoms with Crippen LogP contribution in [0.4, 0.5) is 4.39 Å². The van der Waals surface area contributed by atoms with Crippen LogP contribution in [-0.2, 0) is 22.6 Å². The number of benzene rings is 1. The summed E-state index contributed by atoms with van der Waals surface area (Å²) < 4.78 is 22.3. The molecule has 2 aliphatic rings. The van der Waals surface area contributed by atoms with E-state index < -0.39 is 23.1 Å². The van der Waals surface area contributed by atoms with Crippen molar-refractivity contribution >= 4 is 5.91 Å². The highest BCUT2D eigenvalue weighted by Crippen LogP contribution is 2.50. The molecule has 2 heterocycles. The summed E-state index contributed by atoms with van der Waals surface area (Å²) in [6, 6.07) is 2.81. The normalized spacial score (nSPS) is 22.0. The van der Waals surface area contributed by atoms with E-state index in [0.717, 1.165) is 18.4 Å². The van der Waals surface area contributed by atoms with Gasteiger partial charge in [0.05, 0.1) is 36.6 Å². The number of rotatable bonds is 11. The van der Waals surface area contributed by atoms with Gasteiger partial charge in [-0.25, -0.2) is 14.4 Å². The van der Waals surface area contributed by atoms with Gasteiger partial charge in [0.1, 0.15) is 17.2 Å². The van der Waals surface area contributed by atoms with Gasteiger partial charge < -0.3 is 25.6 Å². The standard InChI is InChI=1S/C27H36FN5O4/c1-6-27(36,21(30-5)13-29-4)18-9-19-23(20(28)10-18)25(3,37-16-26(15-34)7-8-26)33(24(19)35)14-22-31-11-17(2)12-32-22/h9-13,29-30,34,36H,6-8,14-16H2,1-5H3/b21-13-/t25-,27?/m1/s1. The van der Waals surface area contributed by atoms with E-state index in [1.54, 1.807) is 52.6 Å². The smallest absolute Gasteiger partial charge is 0.257 e. The quantitative estimate of drug-likeness (QED) is 0.362. The van der Waals surface area contributed by atoms with Crippen molar-refractivity contribution in [2.24, 2.45) is 5.41 Å². The van der Waals surface area contributed by atoms with Gasteiger partial charge in [-0.1, -0.05) is 6.92 Å². The molecule has 1 amide bonds. The highest BCUT2D eigenvalue weighted by molar-refractivity contribution is 6.00. The minimum Gasteiger partial charge on any atom is -0.396 e. The lowest BCUT2D eigenvalue weighted by Crippen LogP contribution is -2.45. The fraction of sp³-hybridized carbons (Fsp3) is 0.519. The molecule has 2 aromatic rings. The van der Waals surface area contributed by atoms with Gasteiger partial charge in [-0.2, -0.15) is 0 Å². The van der Waals surface area contributed by atoms with E-state index in [9.17, 15) is 15.0 Å². The number of ether oxygens (including phenoxy) is 1. The average Bonchev–Trinajstić information content (AvgIpc) is 3.65. The Labute approximate surface area is 216 Å². The minimum absolute atomic E-state index is 0.00462. The van der Waals surface area contributed by atoms with E-state index >= 15 is 4.39 Å². The van der Waals surface area contributed by atoms with Crippen molar-refractivity contribution in [2.75, 3.05) is 27.3 Å². The summed E-state index contributed by atoms with van der Waals surface area (Å²) in [7, 11) is 3.37. The molecule has 0 radical (unpaired) electrons. The Morgan fingerprint density at radius 3 is 2.51 bits per heavy atom. The van der Waals surface area contributed by atoms with Crippen molar-refractivity contribution in [1.29, 1.82) is 0 Å². The highest BCUT2D eigenvalue weighted by Gasteiger charge is 2.53. The zero-order valence-electron chi connectivity index (χ0n) is 22.1. The van der Waals surface area contributed by atoms with Crippen molar-refractivity contribution in [2.45, 2.75) is 57.9 Å². The van der Waals surface area contributed by atoms with Crippen LogP contribution in [0.2, 0.25) is 0 Å². The Balaban J connectivity index is 1.81. The van der Waals surface area contributed by atoms with E-state index in [4.69, 9.17) is 4.74 Å². The Bertz CT molecular complexity index is 1200. The minimum atomic E-state index is -1.56. The summed E-state index contributed by atoms with van der Waals surface area (Å²) in [5.74, 6) is -0.709. The molecule has 1 unspecified atom stereocenters. The van der Waals surface area contributed by atoms with Crippen LogP contribution in [0.1, 0.15) is 66.0 Å². The van der Waals surface area contributed by atoms with Crippen LogP contribution in [-0.4, -0.2) is 58.3 Å². The number of likely N-dealkylation sites (N-methyl/N-ethyl adjacent to an activating group) is 1. The maximum atomic E-state index is 16.0. The predicted molar refractivity (Wildman–Crippen MR) is 135 cm³/mol. The van der Waals surface area contributed by atoms with Crippen LogP contribution in [0.5, 0.6) is 0 Å². The van der Waals surface area contributed by atoms with Gasteiger partial charge in [0, 0.05) is 38.1 Å². The maximum Gasteiger partial charge on any atom is 0.257 e. The molecule has 4 rings (SSSR count). The van der Waals surface area contributed by atoms with Gasteiger partial charge in [0.15, 0.2) is 5.72 Å². The first-order valence-electron chi connectivity index (χ1n) is 12.5. The Kier molecular flexibility index (Phi) is 7.29. The molecular weight excluding hydrogens is 477 g/mol. The molecule has 1 fully saturated rings. The molecule has 1 aromatic carbocycles. The molecule has 1 aliphatic heterocycles. The van der Waals surface area contributed by atoms with Crippen LogP contribution in [0.15, 0.2) is 36.4 Å². The number of nitrogens with zero attached hydrogens (tertiary/aromatic N) is 3. The van der Waals surface area contributed by atoms with Gasteiger partial charge in [-0.3, -0.25) is 9.69 Å². The SMILES string of the molecule is CCC(O)(/C(=C/NC)NC)c1cc(F)c2c(c1)C(=O)N(Cc1ncc(C)cn1)[C@]2(C)OCC1(CO)CC1. The van der Waals surface area contributed by atoms with Crippen molar-refractivity contribution in [3.63, 3.8) is 0 Å². The molecule has 37 heavy (non-hydrogen) atoms. The van der Waals surface area contributed by atoms with E-state index in [1.807, 2.05) is 6.92 Å². The van der Waals surface area contributed by atoms with E-state index in [0.29, 0.717) is 11.5 Å². The second-order valence-electron chi connectivity index (χ2n) is 10.2. The number of aryl methyl sites for hydroxylation is 1. The van der Waals surface area contributed by atoms with E-state index in [1.165, 1.54) is 11.0 Å². The summed E-state index contributed by atoms with van der Waals surface area (Å²) >= 11 is 0. The third-order valence-corrected chi connectivity index (χ3v) is 7.62. The second kappa shape index (κ2) is 10.00. The number of hydrogen-bond acceptors (Lipinski definition) is 8. The van der Waals surface area contributed by atoms with Crippen LogP contribution in [0.3, 0.4) is 0 Å². The first-order valence-corrected chi connectivity index (χ1v) is 12.5. The number of carbonyl (C=O) groups is 1. The average molecular weight is 514 g/mol. The Morgan fingerprint density at radius 2 is 1.97 bits per heavy atom. The molecule has 1 aliphatic carbocycles. The largest absolute Gasteiger partial charge is 0.396 e. The predicted octanol–water partition coefficient (Wildman–Crippen LogP) is 2.42. The third-order valence-electron chi connectivity index (χ3n) is 7.62. The molecule has 1 aromatic heterocycles. The van der Waals surface area contributed by atoms with E-state index in [-0.39, 0.29) is 48.3 Å². The zero-order valence-corrected chi connectivity index (χ0v) is 22.1. The van der Waals surface area contributed by atoms with Gasteiger partial charge in [-0.05, 0) is 56.4 Å². The second-order valence-corrected chi connectivity index (χ2v) is 10.2. The monoisotopic (exact) mass is 513 g/mol. The molecule has 9 nitrogen and oxygen atoms in total. The lowest BCUT2D eigenvalue weighted by atomic mass is 9.85. The first-order chi connectivity index (χ1) is 17.6. The number of halogens is 1. The van der Waals surface area contributed by atoms with Crippen molar-refractivity contribution in [3.8, 4) is 0 Å². The van der Waals surface area contributed by atoms with Gasteiger partial charge >= 0.3 is 0 Å². The Hall–Kier alpha value is -3.08. The van der Waals surface area contributed by atoms with Gasteiger partial charge in [-0.15, -0.1) is 0 Å². The molecule has 200 valence electrons. The lowest BCUT2D eigenvalue weighted by molar-refractivity contribution is -0.146. The van der Waals surface area contributed by atoms with Gasteiger partial charge in [0.2, 0.25) is 0 Å². The fourth-order valence-electron chi connectivity index (χ4n) is 4.89. The first kappa shape index (κ1) is 27.0. The molecule has 2 atom stereocenters. The highest BCUT2D eigenvalue weighted by atomic mass is 19.1. The lowest BCUT2D eigenvalue weighted by Gasteiger charge is -2.37. The summed E-state index contributed by atoms with van der Waals surface area (Å²) in [5.41, 5.74) is -1.61. The molecule has 0 spiro atoms. The number of hydrogen-bond donors (Lipinski definition) is 4. The number of carbonyl (C=O) groups excluding carboxylic acids is 1. The molecule has 0 saturated heterocycles. The topological polar surface area (TPSA) is 120 Å². The van der Waals surface area contributed by atoms with Crippen molar-refractivity contribution in [3.05, 3.63) is 70.3 Å². The third kappa shape index (κ3) is 4.69. The van der Waals surface area contributed by atoms with Crippen LogP contribution in [0.25, 0.3) is 0 Å². The van der Waals surface area contributed by atoms with Crippen LogP contribution in [0, 0.1) is 18.2 Å². The Morgan fingerprint density at radius 1 is 1.30 bits per heavy atom. The number of amides is 1. The summed E-state index contributed by atoms with van der Waals surface area (Å²) in [6.45, 7) is 5.45. The van der Waals surface area contributed by atoms with Crippen LogP contribution < -0.4 is 10.6 Å². The molecule has 0 bridgehead atoms. The number of aliphatic hydroxyl groups excluding tert-OH is 1. The zero-order chi connectivity index (χ0) is 27.0. The summed E-state index contributed by atoms with van der Waals surface area (Å²) in [4.78, 5) is 23.9. The van der Waals surface area contributed by atoms with Gasteiger partial charge in [0.25, 0.3) is 5.91 Å².